The molecule has 0 unspecified atom stereocenters. The van der Waals surface area contributed by atoms with Gasteiger partial charge in [0.25, 0.3) is 0 Å². The Morgan fingerprint density at radius 3 is 2.38 bits per heavy atom. The molecule has 21 heavy (non-hydrogen) atoms. The van der Waals surface area contributed by atoms with Gasteiger partial charge in [0.05, 0.1) is 10.8 Å². The number of halogens is 1. The smallest absolute Gasteiger partial charge is 0.240 e. The van der Waals surface area contributed by atoms with E-state index in [-0.39, 0.29) is 35.7 Å². The Morgan fingerprint density at radius 2 is 1.86 bits per heavy atom. The normalized spacial score (nSPS) is 14.9. The number of benzene rings is 1. The molecule has 3 N–H and O–H groups in total. The summed E-state index contributed by atoms with van der Waals surface area (Å²) >= 11 is 0. The molecule has 118 valence electrons. The maximum absolute atomic E-state index is 12.0. The van der Waals surface area contributed by atoms with Crippen molar-refractivity contribution in [2.24, 2.45) is 5.92 Å². The number of aryl methyl sites for hydroxylation is 1. The molecule has 1 aliphatic heterocycles. The van der Waals surface area contributed by atoms with Crippen LogP contribution < -0.4 is 15.4 Å². The summed E-state index contributed by atoms with van der Waals surface area (Å²) in [4.78, 5) is 11.8. The van der Waals surface area contributed by atoms with Gasteiger partial charge in [-0.05, 0) is 19.1 Å². The molecule has 0 radical (unpaired) electrons. The highest BCUT2D eigenvalue weighted by atomic mass is 35.5. The number of sulfonamides is 1. The van der Waals surface area contributed by atoms with Gasteiger partial charge in [-0.25, -0.2) is 13.1 Å². The van der Waals surface area contributed by atoms with Crippen LogP contribution >= 0.6 is 12.4 Å². The summed E-state index contributed by atoms with van der Waals surface area (Å²) in [7, 11) is -3.50. The van der Waals surface area contributed by atoms with E-state index >= 15 is 0 Å². The van der Waals surface area contributed by atoms with Crippen LogP contribution in [0.5, 0.6) is 0 Å². The van der Waals surface area contributed by atoms with Crippen molar-refractivity contribution in [2.45, 2.75) is 11.8 Å². The number of hydrogen-bond acceptors (Lipinski definition) is 4. The molecule has 1 heterocycles. The quantitative estimate of drug-likeness (QED) is 0.641. The van der Waals surface area contributed by atoms with Crippen LogP contribution in [0.25, 0.3) is 0 Å². The van der Waals surface area contributed by atoms with Crippen molar-refractivity contribution in [1.82, 2.24) is 15.4 Å². The summed E-state index contributed by atoms with van der Waals surface area (Å²) < 4.78 is 26.4. The van der Waals surface area contributed by atoms with Gasteiger partial charge in [-0.15, -0.1) is 12.4 Å². The van der Waals surface area contributed by atoms with Crippen molar-refractivity contribution >= 4 is 28.3 Å². The Morgan fingerprint density at radius 1 is 1.24 bits per heavy atom. The number of hydrogen-bond donors (Lipinski definition) is 3. The summed E-state index contributed by atoms with van der Waals surface area (Å²) in [5, 5.41) is 5.72. The molecule has 8 heteroatoms. The van der Waals surface area contributed by atoms with E-state index in [1.54, 1.807) is 24.3 Å². The SMILES string of the molecule is Cc1ccc(S(=O)(=O)NCCNC(=O)C2CNC2)cc1.Cl. The van der Waals surface area contributed by atoms with Crippen LogP contribution in [-0.2, 0) is 14.8 Å². The molecule has 1 aromatic carbocycles. The van der Waals surface area contributed by atoms with Crippen molar-refractivity contribution < 1.29 is 13.2 Å². The molecule has 1 amide bonds. The lowest BCUT2D eigenvalue weighted by molar-refractivity contribution is -0.126. The Labute approximate surface area is 131 Å². The maximum atomic E-state index is 12.0. The lowest BCUT2D eigenvalue weighted by atomic mass is 10.0. The first-order valence-corrected chi connectivity index (χ1v) is 8.02. The second kappa shape index (κ2) is 7.74. The van der Waals surface area contributed by atoms with E-state index in [1.807, 2.05) is 6.92 Å². The molecule has 1 aliphatic rings. The number of carbonyl (C=O) groups excluding carboxylic acids is 1. The van der Waals surface area contributed by atoms with Crippen LogP contribution in [0.3, 0.4) is 0 Å². The van der Waals surface area contributed by atoms with Crippen LogP contribution in [0.2, 0.25) is 0 Å². The van der Waals surface area contributed by atoms with Crippen molar-refractivity contribution in [3.05, 3.63) is 29.8 Å². The van der Waals surface area contributed by atoms with Crippen molar-refractivity contribution in [3.8, 4) is 0 Å². The van der Waals surface area contributed by atoms with E-state index in [9.17, 15) is 13.2 Å². The van der Waals surface area contributed by atoms with Crippen LogP contribution in [0.15, 0.2) is 29.2 Å². The monoisotopic (exact) mass is 333 g/mol. The average Bonchev–Trinajstić information content (AvgIpc) is 2.33. The first-order chi connectivity index (χ1) is 9.49. The molecule has 6 nitrogen and oxygen atoms in total. The fourth-order valence-corrected chi connectivity index (χ4v) is 2.82. The van der Waals surface area contributed by atoms with Crippen molar-refractivity contribution in [2.75, 3.05) is 26.2 Å². The fourth-order valence-electron chi connectivity index (χ4n) is 1.79. The molecule has 0 atom stereocenters. The summed E-state index contributed by atoms with van der Waals surface area (Å²) in [6.07, 6.45) is 0. The van der Waals surface area contributed by atoms with Gasteiger partial charge in [-0.3, -0.25) is 4.79 Å². The van der Waals surface area contributed by atoms with E-state index in [2.05, 4.69) is 15.4 Å². The van der Waals surface area contributed by atoms with Crippen LogP contribution in [0.1, 0.15) is 5.56 Å². The third-order valence-corrected chi connectivity index (χ3v) is 4.68. The zero-order valence-corrected chi connectivity index (χ0v) is 13.4. The second-order valence-electron chi connectivity index (χ2n) is 4.86. The summed E-state index contributed by atoms with van der Waals surface area (Å²) in [5.74, 6) is -0.0120. The standard InChI is InChI=1S/C13H19N3O3S.ClH/c1-10-2-4-12(5-3-10)20(18,19)16-7-6-15-13(17)11-8-14-9-11;/h2-5,11,14,16H,6-9H2,1H3,(H,15,17);1H. The fraction of sp³-hybridized carbons (Fsp3) is 0.462. The predicted octanol–water partition coefficient (Wildman–Crippen LogP) is 0.0307. The summed E-state index contributed by atoms with van der Waals surface area (Å²) in [6, 6.07) is 6.63. The van der Waals surface area contributed by atoms with Gasteiger partial charge >= 0.3 is 0 Å². The molecule has 0 saturated carbocycles. The molecule has 0 spiro atoms. The second-order valence-corrected chi connectivity index (χ2v) is 6.62. The number of nitrogens with one attached hydrogen (secondary N) is 3. The molecular formula is C13H20ClN3O3S. The summed E-state index contributed by atoms with van der Waals surface area (Å²) in [5.41, 5.74) is 1.00. The molecule has 1 aromatic rings. The third-order valence-electron chi connectivity index (χ3n) is 3.20. The van der Waals surface area contributed by atoms with Gasteiger partial charge < -0.3 is 10.6 Å². The predicted molar refractivity (Wildman–Crippen MR) is 83.0 cm³/mol. The van der Waals surface area contributed by atoms with E-state index in [0.29, 0.717) is 19.6 Å². The van der Waals surface area contributed by atoms with E-state index in [0.717, 1.165) is 5.56 Å². The molecule has 0 aromatic heterocycles. The number of rotatable bonds is 6. The highest BCUT2D eigenvalue weighted by molar-refractivity contribution is 7.89. The molecule has 1 fully saturated rings. The minimum absolute atomic E-state index is 0. The van der Waals surface area contributed by atoms with E-state index in [1.165, 1.54) is 0 Å². The third kappa shape index (κ3) is 4.96. The van der Waals surface area contributed by atoms with Crippen LogP contribution in [0.4, 0.5) is 0 Å². The van der Waals surface area contributed by atoms with Gasteiger partial charge in [-0.1, -0.05) is 17.7 Å². The van der Waals surface area contributed by atoms with Crippen molar-refractivity contribution in [3.63, 3.8) is 0 Å². The zero-order chi connectivity index (χ0) is 14.6. The maximum Gasteiger partial charge on any atom is 0.240 e. The van der Waals surface area contributed by atoms with Crippen molar-refractivity contribution in [1.29, 1.82) is 0 Å². The largest absolute Gasteiger partial charge is 0.354 e. The lowest BCUT2D eigenvalue weighted by Crippen LogP contribution is -2.51. The Balaban J connectivity index is 0.00000220. The minimum Gasteiger partial charge on any atom is -0.354 e. The topological polar surface area (TPSA) is 87.3 Å². The minimum atomic E-state index is -3.50. The highest BCUT2D eigenvalue weighted by Crippen LogP contribution is 2.09. The highest BCUT2D eigenvalue weighted by Gasteiger charge is 2.24. The van der Waals surface area contributed by atoms with Gasteiger partial charge in [0.1, 0.15) is 0 Å². The molecular weight excluding hydrogens is 314 g/mol. The Bertz CT molecular complexity index is 571. The Kier molecular flexibility index (Phi) is 6.60. The average molecular weight is 334 g/mol. The number of carbonyl (C=O) groups is 1. The zero-order valence-electron chi connectivity index (χ0n) is 11.8. The van der Waals surface area contributed by atoms with E-state index in [4.69, 9.17) is 0 Å². The van der Waals surface area contributed by atoms with Crippen LogP contribution in [0, 0.1) is 12.8 Å². The Hall–Kier alpha value is -1.15. The lowest BCUT2D eigenvalue weighted by Gasteiger charge is -2.25. The van der Waals surface area contributed by atoms with E-state index < -0.39 is 10.0 Å². The van der Waals surface area contributed by atoms with Crippen LogP contribution in [-0.4, -0.2) is 40.5 Å². The molecule has 2 rings (SSSR count). The molecule has 1 saturated heterocycles. The first-order valence-electron chi connectivity index (χ1n) is 6.54. The summed E-state index contributed by atoms with van der Waals surface area (Å²) in [6.45, 7) is 3.76. The van der Waals surface area contributed by atoms with Gasteiger partial charge in [0.15, 0.2) is 0 Å². The molecule has 0 bridgehead atoms. The first kappa shape index (κ1) is 17.9. The molecule has 0 aliphatic carbocycles. The van der Waals surface area contributed by atoms with Gasteiger partial charge in [0, 0.05) is 26.2 Å². The number of amides is 1. The van der Waals surface area contributed by atoms with Gasteiger partial charge in [0.2, 0.25) is 15.9 Å². The van der Waals surface area contributed by atoms with Gasteiger partial charge in [-0.2, -0.15) is 0 Å².